The van der Waals surface area contributed by atoms with Gasteiger partial charge < -0.3 is 14.7 Å². The van der Waals surface area contributed by atoms with Crippen molar-refractivity contribution in [1.82, 2.24) is 4.90 Å². The molecule has 0 spiro atoms. The summed E-state index contributed by atoms with van der Waals surface area (Å²) in [6.07, 6.45) is 2.59. The standard InChI is InChI=1S/C26H31NO4/c1-5-7-14-27-23(19-10-12-20(13-11-19)31-15-6-2)22(25(29)26(27)30)24(28)21-16-17(3)8-9-18(21)4/h8-13,16,23,28H,5-7,14-15H2,1-4H3/b24-22+. The molecule has 0 aromatic heterocycles. The van der Waals surface area contributed by atoms with Crippen LogP contribution in [0.1, 0.15) is 61.4 Å². The molecule has 1 aliphatic heterocycles. The zero-order valence-corrected chi connectivity index (χ0v) is 18.8. The van der Waals surface area contributed by atoms with Crippen LogP contribution in [0, 0.1) is 13.8 Å². The second-order valence-corrected chi connectivity index (χ2v) is 8.08. The molecule has 0 saturated carbocycles. The number of amides is 1. The molecule has 5 heteroatoms. The topological polar surface area (TPSA) is 66.8 Å². The molecule has 3 rings (SSSR count). The van der Waals surface area contributed by atoms with E-state index in [1.165, 1.54) is 0 Å². The van der Waals surface area contributed by atoms with E-state index in [0.717, 1.165) is 41.7 Å². The van der Waals surface area contributed by atoms with Crippen molar-refractivity contribution in [2.75, 3.05) is 13.2 Å². The maximum Gasteiger partial charge on any atom is 0.295 e. The summed E-state index contributed by atoms with van der Waals surface area (Å²) >= 11 is 0. The molecule has 1 aliphatic rings. The molecule has 5 nitrogen and oxygen atoms in total. The summed E-state index contributed by atoms with van der Waals surface area (Å²) in [6, 6.07) is 12.5. The van der Waals surface area contributed by atoms with Crippen molar-refractivity contribution < 1.29 is 19.4 Å². The summed E-state index contributed by atoms with van der Waals surface area (Å²) in [7, 11) is 0. The number of carbonyl (C=O) groups is 2. The normalized spacial score (nSPS) is 17.9. The molecule has 31 heavy (non-hydrogen) atoms. The van der Waals surface area contributed by atoms with Gasteiger partial charge in [-0.05, 0) is 56.0 Å². The molecule has 1 unspecified atom stereocenters. The van der Waals surface area contributed by atoms with E-state index < -0.39 is 17.7 Å². The van der Waals surface area contributed by atoms with Gasteiger partial charge in [0.05, 0.1) is 18.2 Å². The number of hydrogen-bond acceptors (Lipinski definition) is 4. The Labute approximate surface area is 184 Å². The van der Waals surface area contributed by atoms with Crippen LogP contribution in [0.3, 0.4) is 0 Å². The van der Waals surface area contributed by atoms with Gasteiger partial charge in [-0.15, -0.1) is 0 Å². The number of aliphatic hydroxyl groups excluding tert-OH is 1. The smallest absolute Gasteiger partial charge is 0.295 e. The minimum absolute atomic E-state index is 0.116. The molecule has 0 aliphatic carbocycles. The van der Waals surface area contributed by atoms with E-state index in [1.54, 1.807) is 4.90 Å². The van der Waals surface area contributed by atoms with Gasteiger partial charge in [0.25, 0.3) is 11.7 Å². The van der Waals surface area contributed by atoms with E-state index >= 15 is 0 Å². The average Bonchev–Trinajstić information content (AvgIpc) is 3.02. The zero-order valence-electron chi connectivity index (χ0n) is 18.8. The van der Waals surface area contributed by atoms with Gasteiger partial charge in [0.1, 0.15) is 11.5 Å². The molecule has 2 aromatic carbocycles. The Morgan fingerprint density at radius 2 is 1.74 bits per heavy atom. The number of ether oxygens (including phenoxy) is 1. The summed E-state index contributed by atoms with van der Waals surface area (Å²) in [6.45, 7) is 8.99. The van der Waals surface area contributed by atoms with E-state index in [0.29, 0.717) is 18.7 Å². The fourth-order valence-electron chi connectivity index (χ4n) is 3.89. The first-order valence-corrected chi connectivity index (χ1v) is 11.0. The van der Waals surface area contributed by atoms with Crippen LogP contribution in [-0.2, 0) is 9.59 Å². The van der Waals surface area contributed by atoms with E-state index in [1.807, 2.05) is 70.2 Å². The molecule has 1 N–H and O–H groups in total. The minimum atomic E-state index is -0.634. The first-order chi connectivity index (χ1) is 14.9. The van der Waals surface area contributed by atoms with Crippen molar-refractivity contribution in [3.63, 3.8) is 0 Å². The van der Waals surface area contributed by atoms with Crippen molar-refractivity contribution in [2.45, 2.75) is 53.0 Å². The highest BCUT2D eigenvalue weighted by molar-refractivity contribution is 6.46. The SMILES string of the molecule is CCCCN1C(=O)C(=O)/C(=C(/O)c2cc(C)ccc2C)C1c1ccc(OCCC)cc1. The lowest BCUT2D eigenvalue weighted by Crippen LogP contribution is -2.30. The van der Waals surface area contributed by atoms with Gasteiger partial charge in [-0.25, -0.2) is 0 Å². The van der Waals surface area contributed by atoms with Gasteiger partial charge in [-0.2, -0.15) is 0 Å². The van der Waals surface area contributed by atoms with Crippen LogP contribution < -0.4 is 4.74 Å². The molecule has 164 valence electrons. The lowest BCUT2D eigenvalue weighted by Gasteiger charge is -2.25. The third-order valence-corrected chi connectivity index (χ3v) is 5.61. The van der Waals surface area contributed by atoms with Crippen LogP contribution in [0.5, 0.6) is 5.75 Å². The van der Waals surface area contributed by atoms with Gasteiger partial charge in [0, 0.05) is 12.1 Å². The third kappa shape index (κ3) is 4.66. The Bertz CT molecular complexity index is 991. The van der Waals surface area contributed by atoms with Crippen LogP contribution in [0.25, 0.3) is 5.76 Å². The molecule has 1 saturated heterocycles. The second-order valence-electron chi connectivity index (χ2n) is 8.08. The van der Waals surface area contributed by atoms with Crippen LogP contribution in [0.4, 0.5) is 0 Å². The quantitative estimate of drug-likeness (QED) is 0.356. The van der Waals surface area contributed by atoms with Crippen molar-refractivity contribution >= 4 is 17.4 Å². The Hall–Kier alpha value is -3.08. The number of aliphatic hydroxyl groups is 1. The highest BCUT2D eigenvalue weighted by Crippen LogP contribution is 2.40. The molecule has 0 radical (unpaired) electrons. The summed E-state index contributed by atoms with van der Waals surface area (Å²) in [4.78, 5) is 27.5. The van der Waals surface area contributed by atoms with Gasteiger partial charge in [-0.1, -0.05) is 50.1 Å². The monoisotopic (exact) mass is 421 g/mol. The maximum absolute atomic E-state index is 13.0. The number of aryl methyl sites for hydroxylation is 2. The van der Waals surface area contributed by atoms with E-state index in [2.05, 4.69) is 0 Å². The van der Waals surface area contributed by atoms with Gasteiger partial charge in [0.2, 0.25) is 0 Å². The molecular weight excluding hydrogens is 390 g/mol. The van der Waals surface area contributed by atoms with Crippen LogP contribution in [0.2, 0.25) is 0 Å². The fraction of sp³-hybridized carbons (Fsp3) is 0.385. The summed E-state index contributed by atoms with van der Waals surface area (Å²) in [5, 5.41) is 11.2. The number of likely N-dealkylation sites (tertiary alicyclic amines) is 1. The van der Waals surface area contributed by atoms with E-state index in [9.17, 15) is 14.7 Å². The molecule has 1 fully saturated rings. The van der Waals surface area contributed by atoms with Gasteiger partial charge in [0.15, 0.2) is 0 Å². The number of rotatable bonds is 8. The zero-order chi connectivity index (χ0) is 22.5. The number of unbranched alkanes of at least 4 members (excludes halogenated alkanes) is 1. The lowest BCUT2D eigenvalue weighted by atomic mass is 9.93. The number of ketones is 1. The fourth-order valence-corrected chi connectivity index (χ4v) is 3.89. The molecule has 1 atom stereocenters. The molecule has 2 aromatic rings. The van der Waals surface area contributed by atoms with E-state index in [4.69, 9.17) is 4.74 Å². The Morgan fingerprint density at radius 3 is 2.39 bits per heavy atom. The van der Waals surface area contributed by atoms with Crippen molar-refractivity contribution in [1.29, 1.82) is 0 Å². The molecule has 0 bridgehead atoms. The summed E-state index contributed by atoms with van der Waals surface area (Å²) in [5.41, 5.74) is 3.34. The molecule has 1 amide bonds. The summed E-state index contributed by atoms with van der Waals surface area (Å²) < 4.78 is 5.67. The van der Waals surface area contributed by atoms with E-state index in [-0.39, 0.29) is 11.3 Å². The molecular formula is C26H31NO4. The average molecular weight is 422 g/mol. The molecule has 1 heterocycles. The number of carbonyl (C=O) groups excluding carboxylic acids is 2. The van der Waals surface area contributed by atoms with Crippen molar-refractivity contribution in [2.24, 2.45) is 0 Å². The summed E-state index contributed by atoms with van der Waals surface area (Å²) in [5.74, 6) is -0.567. The Kier molecular flexibility index (Phi) is 7.16. The largest absolute Gasteiger partial charge is 0.507 e. The Morgan fingerprint density at radius 1 is 1.03 bits per heavy atom. The highest BCUT2D eigenvalue weighted by atomic mass is 16.5. The first kappa shape index (κ1) is 22.6. The number of Topliss-reactive ketones (excluding diaryl/α,β-unsaturated/α-hetero) is 1. The first-order valence-electron chi connectivity index (χ1n) is 11.0. The number of nitrogens with zero attached hydrogens (tertiary/aromatic N) is 1. The predicted molar refractivity (Wildman–Crippen MR) is 122 cm³/mol. The second kappa shape index (κ2) is 9.82. The maximum atomic E-state index is 13.0. The number of benzene rings is 2. The predicted octanol–water partition coefficient (Wildman–Crippen LogP) is 5.31. The minimum Gasteiger partial charge on any atom is -0.507 e. The van der Waals surface area contributed by atoms with Gasteiger partial charge >= 0.3 is 0 Å². The highest BCUT2D eigenvalue weighted by Gasteiger charge is 2.45. The van der Waals surface area contributed by atoms with Gasteiger partial charge in [-0.3, -0.25) is 9.59 Å². The lowest BCUT2D eigenvalue weighted by molar-refractivity contribution is -0.139. The van der Waals surface area contributed by atoms with Crippen molar-refractivity contribution in [3.8, 4) is 5.75 Å². The number of hydrogen-bond donors (Lipinski definition) is 1. The van der Waals surface area contributed by atoms with Crippen LogP contribution in [0.15, 0.2) is 48.0 Å². The van der Waals surface area contributed by atoms with Crippen LogP contribution >= 0.6 is 0 Å². The Balaban J connectivity index is 2.12. The van der Waals surface area contributed by atoms with Crippen LogP contribution in [-0.4, -0.2) is 34.8 Å². The van der Waals surface area contributed by atoms with Crippen molar-refractivity contribution in [3.05, 3.63) is 70.3 Å². The third-order valence-electron chi connectivity index (χ3n) is 5.61.